The Morgan fingerprint density at radius 1 is 0.852 bits per heavy atom. The lowest BCUT2D eigenvalue weighted by molar-refractivity contribution is 0.0527. The predicted molar refractivity (Wildman–Crippen MR) is 104 cm³/mol. The molecule has 27 heavy (non-hydrogen) atoms. The molecule has 0 aliphatic rings. The van der Waals surface area contributed by atoms with Crippen molar-refractivity contribution in [3.05, 3.63) is 60.2 Å². The summed E-state index contributed by atoms with van der Waals surface area (Å²) in [6, 6.07) is 16.4. The van der Waals surface area contributed by atoms with Gasteiger partial charge in [-0.2, -0.15) is 0 Å². The standard InChI is InChI=1S/C21H26N2O4/c1-21(2,3)27-20(25)23-15-7-14-22-19(24)16-10-12-18(13-11-16)26-17-8-5-4-6-9-17/h4-6,8-13H,7,14-15H2,1-3H3,(H,22,24)(H,23,25). The van der Waals surface area contributed by atoms with E-state index in [2.05, 4.69) is 10.6 Å². The van der Waals surface area contributed by atoms with Crippen molar-refractivity contribution < 1.29 is 19.1 Å². The van der Waals surface area contributed by atoms with Crippen LogP contribution in [-0.2, 0) is 4.74 Å². The summed E-state index contributed by atoms with van der Waals surface area (Å²) in [7, 11) is 0. The number of hydrogen-bond donors (Lipinski definition) is 2. The number of carbonyl (C=O) groups excluding carboxylic acids is 2. The third-order valence-corrected chi connectivity index (χ3v) is 3.40. The van der Waals surface area contributed by atoms with Crippen molar-refractivity contribution in [1.82, 2.24) is 10.6 Å². The van der Waals surface area contributed by atoms with Gasteiger partial charge in [-0.25, -0.2) is 4.79 Å². The van der Waals surface area contributed by atoms with E-state index >= 15 is 0 Å². The molecule has 2 amide bonds. The van der Waals surface area contributed by atoms with E-state index in [9.17, 15) is 9.59 Å². The first-order chi connectivity index (χ1) is 12.8. The lowest BCUT2D eigenvalue weighted by Crippen LogP contribution is -2.34. The number of alkyl carbamates (subject to hydrolysis) is 1. The molecule has 144 valence electrons. The van der Waals surface area contributed by atoms with E-state index < -0.39 is 11.7 Å². The minimum Gasteiger partial charge on any atom is -0.457 e. The number of amides is 2. The maximum absolute atomic E-state index is 12.1. The summed E-state index contributed by atoms with van der Waals surface area (Å²) in [6.07, 6.45) is 0.156. The first-order valence-electron chi connectivity index (χ1n) is 8.91. The Balaban J connectivity index is 1.69. The van der Waals surface area contributed by atoms with Gasteiger partial charge in [0, 0.05) is 18.7 Å². The summed E-state index contributed by atoms with van der Waals surface area (Å²) in [5.41, 5.74) is 0.0322. The molecular weight excluding hydrogens is 344 g/mol. The van der Waals surface area contributed by atoms with E-state index in [0.717, 1.165) is 5.75 Å². The Kier molecular flexibility index (Phi) is 7.23. The molecule has 0 saturated carbocycles. The Morgan fingerprint density at radius 2 is 1.44 bits per heavy atom. The topological polar surface area (TPSA) is 76.7 Å². The van der Waals surface area contributed by atoms with E-state index in [4.69, 9.17) is 9.47 Å². The van der Waals surface area contributed by atoms with Crippen LogP contribution in [0.4, 0.5) is 4.79 Å². The molecule has 0 aliphatic heterocycles. The van der Waals surface area contributed by atoms with Gasteiger partial charge in [0.05, 0.1) is 0 Å². The summed E-state index contributed by atoms with van der Waals surface area (Å²) in [6.45, 7) is 6.31. The van der Waals surface area contributed by atoms with Gasteiger partial charge in [0.1, 0.15) is 17.1 Å². The summed E-state index contributed by atoms with van der Waals surface area (Å²) >= 11 is 0. The molecule has 0 atom stereocenters. The fourth-order valence-corrected chi connectivity index (χ4v) is 2.20. The monoisotopic (exact) mass is 370 g/mol. The van der Waals surface area contributed by atoms with Crippen LogP contribution in [0.1, 0.15) is 37.6 Å². The Bertz CT molecular complexity index is 737. The lowest BCUT2D eigenvalue weighted by atomic mass is 10.2. The van der Waals surface area contributed by atoms with E-state index in [0.29, 0.717) is 30.8 Å². The number of rotatable bonds is 7. The van der Waals surface area contributed by atoms with Crippen molar-refractivity contribution in [2.24, 2.45) is 0 Å². The fourth-order valence-electron chi connectivity index (χ4n) is 2.20. The van der Waals surface area contributed by atoms with Crippen molar-refractivity contribution in [3.63, 3.8) is 0 Å². The summed E-state index contributed by atoms with van der Waals surface area (Å²) in [4.78, 5) is 23.6. The van der Waals surface area contributed by atoms with Gasteiger partial charge in [0.25, 0.3) is 5.91 Å². The molecule has 0 radical (unpaired) electrons. The Labute approximate surface area is 159 Å². The maximum Gasteiger partial charge on any atom is 0.407 e. The molecule has 0 aromatic heterocycles. The number of nitrogens with one attached hydrogen (secondary N) is 2. The SMILES string of the molecule is CC(C)(C)OC(=O)NCCCNC(=O)c1ccc(Oc2ccccc2)cc1. The molecule has 2 aromatic rings. The number of benzene rings is 2. The average molecular weight is 370 g/mol. The summed E-state index contributed by atoms with van der Waals surface area (Å²) < 4.78 is 10.8. The van der Waals surface area contributed by atoms with Gasteiger partial charge in [0.15, 0.2) is 0 Å². The second kappa shape index (κ2) is 9.62. The lowest BCUT2D eigenvalue weighted by Gasteiger charge is -2.19. The Morgan fingerprint density at radius 3 is 2.07 bits per heavy atom. The van der Waals surface area contributed by atoms with Gasteiger partial charge in [-0.3, -0.25) is 4.79 Å². The normalized spacial score (nSPS) is 10.8. The van der Waals surface area contributed by atoms with Crippen LogP contribution in [0.15, 0.2) is 54.6 Å². The smallest absolute Gasteiger partial charge is 0.407 e. The van der Waals surface area contributed by atoms with E-state index in [1.807, 2.05) is 51.1 Å². The zero-order valence-corrected chi connectivity index (χ0v) is 16.0. The summed E-state index contributed by atoms with van der Waals surface area (Å²) in [5, 5.41) is 5.47. The van der Waals surface area contributed by atoms with E-state index in [1.165, 1.54) is 0 Å². The van der Waals surface area contributed by atoms with Gasteiger partial charge in [-0.1, -0.05) is 18.2 Å². The first-order valence-corrected chi connectivity index (χ1v) is 8.91. The molecule has 0 aliphatic carbocycles. The van der Waals surface area contributed by atoms with Crippen molar-refractivity contribution in [3.8, 4) is 11.5 Å². The van der Waals surface area contributed by atoms with Crippen LogP contribution in [0.25, 0.3) is 0 Å². The molecular formula is C21H26N2O4. The van der Waals surface area contributed by atoms with Crippen molar-refractivity contribution in [1.29, 1.82) is 0 Å². The van der Waals surface area contributed by atoms with Crippen LogP contribution in [0.2, 0.25) is 0 Å². The second-order valence-electron chi connectivity index (χ2n) is 6.98. The highest BCUT2D eigenvalue weighted by Gasteiger charge is 2.15. The Hall–Kier alpha value is -3.02. The minimum atomic E-state index is -0.519. The molecule has 0 fully saturated rings. The van der Waals surface area contributed by atoms with Crippen LogP contribution in [0.5, 0.6) is 11.5 Å². The summed E-state index contributed by atoms with van der Waals surface area (Å²) in [5.74, 6) is 1.24. The van der Waals surface area contributed by atoms with Crippen LogP contribution >= 0.6 is 0 Å². The molecule has 0 heterocycles. The molecule has 6 heteroatoms. The molecule has 0 saturated heterocycles. The van der Waals surface area contributed by atoms with Crippen molar-refractivity contribution in [2.45, 2.75) is 32.8 Å². The van der Waals surface area contributed by atoms with Crippen LogP contribution in [0, 0.1) is 0 Å². The number of hydrogen-bond acceptors (Lipinski definition) is 4. The third-order valence-electron chi connectivity index (χ3n) is 3.40. The highest BCUT2D eigenvalue weighted by molar-refractivity contribution is 5.94. The van der Waals surface area contributed by atoms with Crippen LogP contribution < -0.4 is 15.4 Å². The molecule has 6 nitrogen and oxygen atoms in total. The van der Waals surface area contributed by atoms with Gasteiger partial charge in [-0.15, -0.1) is 0 Å². The van der Waals surface area contributed by atoms with Crippen LogP contribution in [-0.4, -0.2) is 30.7 Å². The second-order valence-corrected chi connectivity index (χ2v) is 6.98. The van der Waals surface area contributed by atoms with E-state index in [-0.39, 0.29) is 5.91 Å². The largest absolute Gasteiger partial charge is 0.457 e. The highest BCUT2D eigenvalue weighted by Crippen LogP contribution is 2.21. The van der Waals surface area contributed by atoms with Gasteiger partial charge in [0.2, 0.25) is 0 Å². The van der Waals surface area contributed by atoms with Gasteiger partial charge < -0.3 is 20.1 Å². The zero-order valence-electron chi connectivity index (χ0n) is 16.0. The first kappa shape index (κ1) is 20.3. The maximum atomic E-state index is 12.1. The van der Waals surface area contributed by atoms with Gasteiger partial charge >= 0.3 is 6.09 Å². The molecule has 0 bridgehead atoms. The van der Waals surface area contributed by atoms with Crippen LogP contribution in [0.3, 0.4) is 0 Å². The molecule has 2 rings (SSSR count). The average Bonchev–Trinajstić information content (AvgIpc) is 2.61. The number of ether oxygens (including phenoxy) is 2. The molecule has 0 unspecified atom stereocenters. The quantitative estimate of drug-likeness (QED) is 0.719. The van der Waals surface area contributed by atoms with E-state index in [1.54, 1.807) is 24.3 Å². The third kappa shape index (κ3) is 7.81. The number of carbonyl (C=O) groups is 2. The number of para-hydroxylation sites is 1. The fraction of sp³-hybridized carbons (Fsp3) is 0.333. The molecule has 0 spiro atoms. The van der Waals surface area contributed by atoms with Crippen molar-refractivity contribution in [2.75, 3.05) is 13.1 Å². The minimum absolute atomic E-state index is 0.168. The highest BCUT2D eigenvalue weighted by atomic mass is 16.6. The molecule has 2 aromatic carbocycles. The molecule has 2 N–H and O–H groups in total. The predicted octanol–water partition coefficient (Wildman–Crippen LogP) is 4.12. The van der Waals surface area contributed by atoms with Crippen molar-refractivity contribution >= 4 is 12.0 Å². The van der Waals surface area contributed by atoms with Gasteiger partial charge in [-0.05, 0) is 63.6 Å². The zero-order chi connectivity index (χ0) is 19.7.